The fourth-order valence-corrected chi connectivity index (χ4v) is 4.27. The lowest BCUT2D eigenvalue weighted by atomic mass is 9.86. The van der Waals surface area contributed by atoms with Gasteiger partial charge in [-0.3, -0.25) is 4.79 Å². The second kappa shape index (κ2) is 9.46. The van der Waals surface area contributed by atoms with Crippen molar-refractivity contribution in [2.75, 3.05) is 11.2 Å². The normalized spacial score (nSPS) is 16.2. The summed E-state index contributed by atoms with van der Waals surface area (Å²) in [6.07, 6.45) is 8.58. The number of aromatic nitrogens is 3. The third kappa shape index (κ3) is 5.62. The first-order valence-corrected chi connectivity index (χ1v) is 10.7. The Kier molecular flexibility index (Phi) is 7.01. The fourth-order valence-electron chi connectivity index (χ4n) is 3.36. The predicted molar refractivity (Wildman–Crippen MR) is 110 cm³/mol. The molecule has 1 atom stereocenters. The summed E-state index contributed by atoms with van der Waals surface area (Å²) in [5, 5.41) is 12.1. The molecular formula is C19H26ClN5OS. The maximum atomic E-state index is 12.4. The molecule has 8 heteroatoms. The van der Waals surface area contributed by atoms with Gasteiger partial charge in [0.25, 0.3) is 0 Å². The molecule has 1 aliphatic rings. The molecule has 1 heterocycles. The molecule has 1 saturated carbocycles. The van der Waals surface area contributed by atoms with Crippen LogP contribution in [0.15, 0.2) is 29.4 Å². The van der Waals surface area contributed by atoms with Crippen molar-refractivity contribution < 1.29 is 4.79 Å². The Hall–Kier alpha value is -1.73. The molecule has 146 valence electrons. The summed E-state index contributed by atoms with van der Waals surface area (Å²) in [6, 6.07) is 7.02. The number of anilines is 1. The SMILES string of the molecule is C[C@@H](Sc1nnc(CCC2CCCCC2)n1N)C(=O)Nc1ccc(Cl)cc1. The van der Waals surface area contributed by atoms with Gasteiger partial charge in [0.15, 0.2) is 5.82 Å². The second-order valence-corrected chi connectivity index (χ2v) is 8.81. The smallest absolute Gasteiger partial charge is 0.237 e. The van der Waals surface area contributed by atoms with Crippen molar-refractivity contribution in [3.05, 3.63) is 35.1 Å². The molecule has 0 unspecified atom stereocenters. The average Bonchev–Trinajstić information content (AvgIpc) is 3.02. The first kappa shape index (κ1) is 20.0. The number of nitrogens with zero attached hydrogens (tertiary/aromatic N) is 3. The van der Waals surface area contributed by atoms with Gasteiger partial charge in [0.1, 0.15) is 0 Å². The zero-order valence-corrected chi connectivity index (χ0v) is 17.1. The van der Waals surface area contributed by atoms with E-state index < -0.39 is 0 Å². The van der Waals surface area contributed by atoms with E-state index in [2.05, 4.69) is 15.5 Å². The van der Waals surface area contributed by atoms with E-state index in [1.165, 1.54) is 48.5 Å². The number of carbonyl (C=O) groups excluding carboxylic acids is 1. The Balaban J connectivity index is 1.52. The van der Waals surface area contributed by atoms with Gasteiger partial charge in [-0.2, -0.15) is 0 Å². The van der Waals surface area contributed by atoms with Gasteiger partial charge in [-0.05, 0) is 43.5 Å². The topological polar surface area (TPSA) is 85.8 Å². The number of nitrogens with two attached hydrogens (primary N) is 1. The zero-order valence-electron chi connectivity index (χ0n) is 15.5. The molecule has 0 aliphatic heterocycles. The fraction of sp³-hybridized carbons (Fsp3) is 0.526. The van der Waals surface area contributed by atoms with Crippen LogP contribution >= 0.6 is 23.4 Å². The van der Waals surface area contributed by atoms with Crippen molar-refractivity contribution in [3.63, 3.8) is 0 Å². The number of carbonyl (C=O) groups is 1. The van der Waals surface area contributed by atoms with E-state index in [1.807, 2.05) is 6.92 Å². The van der Waals surface area contributed by atoms with Gasteiger partial charge in [-0.25, -0.2) is 4.68 Å². The van der Waals surface area contributed by atoms with Crippen LogP contribution in [0.25, 0.3) is 0 Å². The summed E-state index contributed by atoms with van der Waals surface area (Å²) in [5.41, 5.74) is 0.708. The number of benzene rings is 1. The van der Waals surface area contributed by atoms with Crippen LogP contribution in [0.5, 0.6) is 0 Å². The predicted octanol–water partition coefficient (Wildman–Crippen LogP) is 4.28. The van der Waals surface area contributed by atoms with Crippen LogP contribution in [-0.4, -0.2) is 26.0 Å². The largest absolute Gasteiger partial charge is 0.336 e. The lowest BCUT2D eigenvalue weighted by molar-refractivity contribution is -0.115. The van der Waals surface area contributed by atoms with Gasteiger partial charge in [0.2, 0.25) is 11.1 Å². The first-order chi connectivity index (χ1) is 13.0. The molecule has 0 bridgehead atoms. The Morgan fingerprint density at radius 2 is 2.00 bits per heavy atom. The molecule has 27 heavy (non-hydrogen) atoms. The van der Waals surface area contributed by atoms with Crippen LogP contribution in [-0.2, 0) is 11.2 Å². The highest BCUT2D eigenvalue weighted by Crippen LogP contribution is 2.28. The maximum Gasteiger partial charge on any atom is 0.237 e. The Bertz CT molecular complexity index is 758. The van der Waals surface area contributed by atoms with Crippen molar-refractivity contribution in [2.45, 2.75) is 62.3 Å². The van der Waals surface area contributed by atoms with Crippen molar-refractivity contribution in [3.8, 4) is 0 Å². The van der Waals surface area contributed by atoms with Crippen LogP contribution < -0.4 is 11.2 Å². The van der Waals surface area contributed by atoms with Gasteiger partial charge in [-0.1, -0.05) is 55.5 Å². The van der Waals surface area contributed by atoms with Gasteiger partial charge < -0.3 is 11.2 Å². The molecule has 1 aromatic carbocycles. The highest BCUT2D eigenvalue weighted by Gasteiger charge is 2.20. The molecule has 3 rings (SSSR count). The van der Waals surface area contributed by atoms with E-state index in [4.69, 9.17) is 17.4 Å². The lowest BCUT2D eigenvalue weighted by Gasteiger charge is -2.20. The summed E-state index contributed by atoms with van der Waals surface area (Å²) in [7, 11) is 0. The van der Waals surface area contributed by atoms with E-state index in [0.717, 1.165) is 24.6 Å². The second-order valence-electron chi connectivity index (χ2n) is 7.07. The molecule has 1 amide bonds. The molecule has 0 saturated heterocycles. The first-order valence-electron chi connectivity index (χ1n) is 9.45. The van der Waals surface area contributed by atoms with Crippen LogP contribution in [0.3, 0.4) is 0 Å². The molecule has 0 radical (unpaired) electrons. The third-order valence-corrected chi connectivity index (χ3v) is 6.31. The van der Waals surface area contributed by atoms with Gasteiger partial charge in [0.05, 0.1) is 5.25 Å². The van der Waals surface area contributed by atoms with Crippen molar-refractivity contribution >= 4 is 35.0 Å². The minimum absolute atomic E-state index is 0.117. The number of rotatable bonds is 7. The maximum absolute atomic E-state index is 12.4. The van der Waals surface area contributed by atoms with Crippen LogP contribution in [0.2, 0.25) is 5.02 Å². The highest BCUT2D eigenvalue weighted by atomic mass is 35.5. The molecular weight excluding hydrogens is 382 g/mol. The number of hydrogen-bond acceptors (Lipinski definition) is 5. The number of nitrogens with one attached hydrogen (secondary N) is 1. The minimum Gasteiger partial charge on any atom is -0.336 e. The molecule has 0 spiro atoms. The van der Waals surface area contributed by atoms with Crippen LogP contribution in [0.4, 0.5) is 5.69 Å². The zero-order chi connectivity index (χ0) is 19.2. The molecule has 6 nitrogen and oxygen atoms in total. The van der Waals surface area contributed by atoms with E-state index in [-0.39, 0.29) is 11.2 Å². The summed E-state index contributed by atoms with van der Waals surface area (Å²) < 4.78 is 1.53. The molecule has 3 N–H and O–H groups in total. The number of aryl methyl sites for hydroxylation is 1. The Morgan fingerprint density at radius 3 is 2.70 bits per heavy atom. The van der Waals surface area contributed by atoms with Gasteiger partial charge in [-0.15, -0.1) is 10.2 Å². The number of amides is 1. The Labute approximate surface area is 169 Å². The summed E-state index contributed by atoms with van der Waals surface area (Å²) in [4.78, 5) is 12.4. The molecule has 1 fully saturated rings. The number of hydrogen-bond donors (Lipinski definition) is 2. The van der Waals surface area contributed by atoms with E-state index in [0.29, 0.717) is 15.9 Å². The van der Waals surface area contributed by atoms with Crippen molar-refractivity contribution in [1.29, 1.82) is 0 Å². The van der Waals surface area contributed by atoms with E-state index in [1.54, 1.807) is 24.3 Å². The number of thioether (sulfide) groups is 1. The number of nitrogen functional groups attached to an aromatic ring is 1. The highest BCUT2D eigenvalue weighted by molar-refractivity contribution is 8.00. The summed E-state index contributed by atoms with van der Waals surface area (Å²) >= 11 is 7.17. The lowest BCUT2D eigenvalue weighted by Crippen LogP contribution is -2.24. The Morgan fingerprint density at radius 1 is 1.30 bits per heavy atom. The third-order valence-electron chi connectivity index (χ3n) is 5.00. The number of halogens is 1. The molecule has 1 aliphatic carbocycles. The molecule has 2 aromatic rings. The van der Waals surface area contributed by atoms with Crippen molar-refractivity contribution in [2.24, 2.45) is 5.92 Å². The minimum atomic E-state index is -0.349. The quantitative estimate of drug-likeness (QED) is 0.528. The average molecular weight is 408 g/mol. The van der Waals surface area contributed by atoms with Crippen LogP contribution in [0.1, 0.15) is 51.3 Å². The monoisotopic (exact) mass is 407 g/mol. The standard InChI is InChI=1S/C19H26ClN5OS/c1-13(18(26)22-16-10-8-15(20)9-11-16)27-19-24-23-17(25(19)21)12-7-14-5-3-2-4-6-14/h8-11,13-14H,2-7,12,21H2,1H3,(H,22,26)/t13-/m1/s1. The molecule has 1 aromatic heterocycles. The van der Waals surface area contributed by atoms with E-state index >= 15 is 0 Å². The van der Waals surface area contributed by atoms with Gasteiger partial charge >= 0.3 is 0 Å². The van der Waals surface area contributed by atoms with Crippen molar-refractivity contribution in [1.82, 2.24) is 14.9 Å². The summed E-state index contributed by atoms with van der Waals surface area (Å²) in [6.45, 7) is 1.83. The van der Waals surface area contributed by atoms with Gasteiger partial charge in [0, 0.05) is 17.1 Å². The van der Waals surface area contributed by atoms with E-state index in [9.17, 15) is 4.79 Å². The summed E-state index contributed by atoms with van der Waals surface area (Å²) in [5.74, 6) is 7.60. The van der Waals surface area contributed by atoms with Crippen LogP contribution in [0, 0.1) is 5.92 Å².